The van der Waals surface area contributed by atoms with Crippen molar-refractivity contribution in [2.45, 2.75) is 65.0 Å². The quantitative estimate of drug-likeness (QED) is 0.701. The summed E-state index contributed by atoms with van der Waals surface area (Å²) in [4.78, 5) is 30.1. The molecule has 1 aromatic rings. The third-order valence-corrected chi connectivity index (χ3v) is 7.72. The van der Waals surface area contributed by atoms with Crippen molar-refractivity contribution in [1.82, 2.24) is 15.1 Å². The number of benzene rings is 1. The molecular formula is C25H37ClN4O2. The highest BCUT2D eigenvalue weighted by molar-refractivity contribution is 6.31. The third-order valence-electron chi connectivity index (χ3n) is 7.50. The van der Waals surface area contributed by atoms with Gasteiger partial charge in [0.2, 0.25) is 11.8 Å². The maximum absolute atomic E-state index is 12.9. The molecule has 1 saturated carbocycles. The summed E-state index contributed by atoms with van der Waals surface area (Å²) >= 11 is 6.44. The molecule has 2 atom stereocenters. The zero-order valence-electron chi connectivity index (χ0n) is 19.5. The summed E-state index contributed by atoms with van der Waals surface area (Å²) in [7, 11) is 0. The Kier molecular flexibility index (Phi) is 7.74. The van der Waals surface area contributed by atoms with E-state index in [2.05, 4.69) is 34.3 Å². The van der Waals surface area contributed by atoms with E-state index in [9.17, 15) is 9.59 Å². The van der Waals surface area contributed by atoms with E-state index >= 15 is 0 Å². The van der Waals surface area contributed by atoms with Crippen LogP contribution in [0.25, 0.3) is 0 Å². The number of rotatable bonds is 5. The van der Waals surface area contributed by atoms with E-state index in [1.165, 1.54) is 12.8 Å². The van der Waals surface area contributed by atoms with E-state index in [0.717, 1.165) is 81.8 Å². The summed E-state index contributed by atoms with van der Waals surface area (Å²) in [6.45, 7) is 9.23. The Morgan fingerprint density at radius 2 is 1.88 bits per heavy atom. The Labute approximate surface area is 197 Å². The molecule has 2 heterocycles. The first-order valence-corrected chi connectivity index (χ1v) is 12.6. The second kappa shape index (κ2) is 10.5. The van der Waals surface area contributed by atoms with Crippen LogP contribution in [0.4, 0.5) is 5.69 Å². The molecule has 2 amide bonds. The van der Waals surface area contributed by atoms with Crippen molar-refractivity contribution >= 4 is 29.1 Å². The van der Waals surface area contributed by atoms with Crippen LogP contribution in [0.5, 0.6) is 0 Å². The van der Waals surface area contributed by atoms with Gasteiger partial charge in [0.05, 0.1) is 5.92 Å². The number of hydrogen-bond donors (Lipinski definition) is 2. The fourth-order valence-corrected chi connectivity index (χ4v) is 5.73. The number of nitrogens with one attached hydrogen (secondary N) is 2. The molecule has 1 aromatic carbocycles. The fourth-order valence-electron chi connectivity index (χ4n) is 5.49. The molecule has 2 aliphatic heterocycles. The minimum Gasteiger partial charge on any atom is -0.337 e. The minimum atomic E-state index is 0.0110. The topological polar surface area (TPSA) is 64.7 Å². The van der Waals surface area contributed by atoms with Gasteiger partial charge in [-0.25, -0.2) is 0 Å². The molecule has 1 aliphatic carbocycles. The predicted molar refractivity (Wildman–Crippen MR) is 129 cm³/mol. The Bertz CT molecular complexity index is 833. The maximum atomic E-state index is 12.9. The summed E-state index contributed by atoms with van der Waals surface area (Å²) in [5, 5.41) is 7.07. The van der Waals surface area contributed by atoms with Crippen LogP contribution in [0.1, 0.15) is 56.6 Å². The average Bonchev–Trinajstić information content (AvgIpc) is 3.32. The van der Waals surface area contributed by atoms with Crippen LogP contribution < -0.4 is 10.6 Å². The van der Waals surface area contributed by atoms with Gasteiger partial charge in [0.15, 0.2) is 0 Å². The van der Waals surface area contributed by atoms with Crippen LogP contribution in [0.15, 0.2) is 12.1 Å². The molecule has 2 N–H and O–H groups in total. The number of anilines is 1. The molecule has 0 bridgehead atoms. The number of halogens is 1. The van der Waals surface area contributed by atoms with Gasteiger partial charge < -0.3 is 15.5 Å². The number of nitrogens with zero attached hydrogens (tertiary/aromatic N) is 2. The molecule has 0 radical (unpaired) electrons. The summed E-state index contributed by atoms with van der Waals surface area (Å²) < 4.78 is 0. The molecule has 0 aromatic heterocycles. The van der Waals surface area contributed by atoms with Crippen molar-refractivity contribution in [1.29, 1.82) is 0 Å². The van der Waals surface area contributed by atoms with Crippen LogP contribution in [0, 0.1) is 18.8 Å². The van der Waals surface area contributed by atoms with Crippen LogP contribution >= 0.6 is 11.6 Å². The number of carbonyl (C=O) groups is 2. The zero-order chi connectivity index (χ0) is 22.7. The van der Waals surface area contributed by atoms with Crippen LogP contribution in [-0.2, 0) is 16.1 Å². The predicted octanol–water partition coefficient (Wildman–Crippen LogP) is 3.81. The van der Waals surface area contributed by atoms with Gasteiger partial charge >= 0.3 is 0 Å². The van der Waals surface area contributed by atoms with Crippen molar-refractivity contribution in [3.05, 3.63) is 28.3 Å². The van der Waals surface area contributed by atoms with E-state index in [1.807, 2.05) is 12.1 Å². The van der Waals surface area contributed by atoms with Crippen molar-refractivity contribution < 1.29 is 9.59 Å². The highest BCUT2D eigenvalue weighted by Gasteiger charge is 2.33. The van der Waals surface area contributed by atoms with Gasteiger partial charge in [0, 0.05) is 55.4 Å². The molecule has 0 unspecified atom stereocenters. The molecule has 32 heavy (non-hydrogen) atoms. The van der Waals surface area contributed by atoms with Gasteiger partial charge in [-0.05, 0) is 69.3 Å². The highest BCUT2D eigenvalue weighted by Crippen LogP contribution is 2.30. The van der Waals surface area contributed by atoms with E-state index in [1.54, 1.807) is 0 Å². The number of hydrogen-bond acceptors (Lipinski definition) is 4. The lowest BCUT2D eigenvalue weighted by atomic mass is 9.98. The SMILES string of the molecule is Cc1c(CN2CCN(C(=O)C3CCCC3)[C@@H](C)C2)cc(Cl)cc1NC(=O)[C@H]1CCCNC1. The number of amides is 2. The lowest BCUT2D eigenvalue weighted by molar-refractivity contribution is -0.140. The summed E-state index contributed by atoms with van der Waals surface area (Å²) in [5.41, 5.74) is 3.02. The number of piperidine rings is 1. The highest BCUT2D eigenvalue weighted by atomic mass is 35.5. The number of piperazine rings is 1. The van der Waals surface area contributed by atoms with Gasteiger partial charge in [0.1, 0.15) is 0 Å². The lowest BCUT2D eigenvalue weighted by Gasteiger charge is -2.41. The van der Waals surface area contributed by atoms with Crippen molar-refractivity contribution in [2.24, 2.45) is 11.8 Å². The van der Waals surface area contributed by atoms with E-state index in [-0.39, 0.29) is 23.8 Å². The number of carbonyl (C=O) groups excluding carboxylic acids is 2. The molecule has 176 valence electrons. The normalized spacial score (nSPS) is 25.2. The van der Waals surface area contributed by atoms with Crippen LogP contribution in [0.3, 0.4) is 0 Å². The largest absolute Gasteiger partial charge is 0.337 e. The van der Waals surface area contributed by atoms with Gasteiger partial charge in [-0.1, -0.05) is 24.4 Å². The lowest BCUT2D eigenvalue weighted by Crippen LogP contribution is -2.54. The van der Waals surface area contributed by atoms with Gasteiger partial charge in [-0.15, -0.1) is 0 Å². The van der Waals surface area contributed by atoms with E-state index in [0.29, 0.717) is 10.9 Å². The van der Waals surface area contributed by atoms with Gasteiger partial charge in [-0.3, -0.25) is 14.5 Å². The van der Waals surface area contributed by atoms with Crippen LogP contribution in [0.2, 0.25) is 5.02 Å². The van der Waals surface area contributed by atoms with Crippen molar-refractivity contribution in [3.8, 4) is 0 Å². The van der Waals surface area contributed by atoms with E-state index in [4.69, 9.17) is 11.6 Å². The standard InChI is InChI=1S/C25H37ClN4O2/c1-17-15-29(10-11-30(17)25(32)19-6-3-4-7-19)16-21-12-22(26)13-23(18(21)2)28-24(31)20-8-5-9-27-14-20/h12-13,17,19-20,27H,3-11,14-16H2,1-2H3,(H,28,31)/t17-,20-/m0/s1. The van der Waals surface area contributed by atoms with Crippen molar-refractivity contribution in [3.63, 3.8) is 0 Å². The maximum Gasteiger partial charge on any atom is 0.228 e. The second-order valence-corrected chi connectivity index (χ2v) is 10.3. The average molecular weight is 461 g/mol. The van der Waals surface area contributed by atoms with Crippen molar-refractivity contribution in [2.75, 3.05) is 38.0 Å². The fraction of sp³-hybridized carbons (Fsp3) is 0.680. The monoisotopic (exact) mass is 460 g/mol. The van der Waals surface area contributed by atoms with E-state index < -0.39 is 0 Å². The summed E-state index contributed by atoms with van der Waals surface area (Å²) in [5.74, 6) is 0.679. The summed E-state index contributed by atoms with van der Waals surface area (Å²) in [6, 6.07) is 4.08. The minimum absolute atomic E-state index is 0.0110. The molecular weight excluding hydrogens is 424 g/mol. The van der Waals surface area contributed by atoms with Crippen LogP contribution in [-0.4, -0.2) is 60.4 Å². The Morgan fingerprint density at radius 1 is 1.12 bits per heavy atom. The molecule has 6 nitrogen and oxygen atoms in total. The molecule has 2 saturated heterocycles. The first-order chi connectivity index (χ1) is 15.4. The third kappa shape index (κ3) is 5.46. The molecule has 3 fully saturated rings. The summed E-state index contributed by atoms with van der Waals surface area (Å²) in [6.07, 6.45) is 6.44. The van der Waals surface area contributed by atoms with Gasteiger partial charge in [0.25, 0.3) is 0 Å². The molecule has 7 heteroatoms. The first kappa shape index (κ1) is 23.5. The van der Waals surface area contributed by atoms with Gasteiger partial charge in [-0.2, -0.15) is 0 Å². The molecule has 4 rings (SSSR count). The Morgan fingerprint density at radius 3 is 2.56 bits per heavy atom. The molecule has 0 spiro atoms. The Hall–Kier alpha value is -1.63. The smallest absolute Gasteiger partial charge is 0.228 e. The molecule has 3 aliphatic rings. The Balaban J connectivity index is 1.38. The first-order valence-electron chi connectivity index (χ1n) is 12.3. The zero-order valence-corrected chi connectivity index (χ0v) is 20.2. The second-order valence-electron chi connectivity index (χ2n) is 9.87.